The van der Waals surface area contributed by atoms with Crippen molar-refractivity contribution in [2.45, 2.75) is 32.7 Å². The van der Waals surface area contributed by atoms with E-state index in [1.54, 1.807) is 5.54 Å². The normalized spacial score (nSPS) is 28.7. The average Bonchev–Trinajstić information content (AvgIpc) is 2.28. The fraction of sp³-hybridized carbons (Fsp3) is 0.833. The fourth-order valence-electron chi connectivity index (χ4n) is 2.41. The summed E-state index contributed by atoms with van der Waals surface area (Å²) in [4.78, 5) is 2.49. The summed E-state index contributed by atoms with van der Waals surface area (Å²) in [6, 6.07) is 0.719. The third-order valence-electron chi connectivity index (χ3n) is 3.26. The smallest absolute Gasteiger partial charge is 0.0174 e. The quantitative estimate of drug-likeness (QED) is 0.781. The molecule has 1 aliphatic heterocycles. The topological polar surface area (TPSA) is 15.3 Å². The summed E-state index contributed by atoms with van der Waals surface area (Å²) >= 11 is 5.55. The monoisotopic (exact) mass is 230 g/mol. The summed E-state index contributed by atoms with van der Waals surface area (Å²) < 4.78 is 0. The minimum Gasteiger partial charge on any atom is -0.314 e. The second-order valence-electron chi connectivity index (χ2n) is 4.24. The first-order chi connectivity index (χ1) is 7.31. The first-order valence-corrected chi connectivity index (χ1v) is 6.46. The largest absolute Gasteiger partial charge is 0.314 e. The molecule has 1 saturated heterocycles. The van der Waals surface area contributed by atoms with Gasteiger partial charge in [0.1, 0.15) is 0 Å². The van der Waals surface area contributed by atoms with Crippen LogP contribution in [0, 0.1) is 5.92 Å². The van der Waals surface area contributed by atoms with E-state index in [9.17, 15) is 0 Å². The molecule has 2 nitrogen and oxygen atoms in total. The Morgan fingerprint density at radius 2 is 2.27 bits per heavy atom. The Morgan fingerprint density at radius 1 is 1.47 bits per heavy atom. The van der Waals surface area contributed by atoms with Crippen LogP contribution in [0.5, 0.6) is 0 Å². The van der Waals surface area contributed by atoms with Crippen LogP contribution in [0.4, 0.5) is 0 Å². The van der Waals surface area contributed by atoms with Gasteiger partial charge in [0, 0.05) is 24.7 Å². The summed E-state index contributed by atoms with van der Waals surface area (Å²) in [6.45, 7) is 8.96. The van der Waals surface area contributed by atoms with E-state index in [2.05, 4.69) is 24.1 Å². The van der Waals surface area contributed by atoms with Crippen molar-refractivity contribution in [1.82, 2.24) is 10.2 Å². The van der Waals surface area contributed by atoms with Crippen LogP contribution in [0.15, 0.2) is 11.6 Å². The molecule has 0 aromatic rings. The molecule has 1 N–H and O–H groups in total. The number of hydrogen-bond acceptors (Lipinski definition) is 2. The van der Waals surface area contributed by atoms with Crippen LogP contribution in [0.1, 0.15) is 26.7 Å². The summed E-state index contributed by atoms with van der Waals surface area (Å²) in [7, 11) is 0. The van der Waals surface area contributed by atoms with Gasteiger partial charge in [-0.25, -0.2) is 0 Å². The lowest BCUT2D eigenvalue weighted by molar-refractivity contribution is 0.148. The molecule has 0 aliphatic carbocycles. The number of likely N-dealkylation sites (tertiary alicyclic amines) is 1. The zero-order valence-corrected chi connectivity index (χ0v) is 10.6. The van der Waals surface area contributed by atoms with Crippen LogP contribution in [0.3, 0.4) is 0 Å². The van der Waals surface area contributed by atoms with Crippen molar-refractivity contribution in [1.29, 1.82) is 0 Å². The van der Waals surface area contributed by atoms with E-state index in [1.165, 1.54) is 25.9 Å². The minimum atomic E-state index is 0.719. The Balaban J connectivity index is 2.39. The molecule has 1 fully saturated rings. The molecule has 3 heteroatoms. The first-order valence-electron chi connectivity index (χ1n) is 6.02. The molecule has 2 unspecified atom stereocenters. The van der Waals surface area contributed by atoms with Gasteiger partial charge in [-0.3, -0.25) is 4.90 Å². The van der Waals surface area contributed by atoms with Gasteiger partial charge in [-0.05, 0) is 25.4 Å². The van der Waals surface area contributed by atoms with Crippen molar-refractivity contribution in [3.63, 3.8) is 0 Å². The van der Waals surface area contributed by atoms with Gasteiger partial charge in [-0.1, -0.05) is 37.9 Å². The number of halogens is 1. The Hall–Kier alpha value is -0.0500. The van der Waals surface area contributed by atoms with Gasteiger partial charge in [0.25, 0.3) is 0 Å². The third kappa shape index (κ3) is 4.13. The van der Waals surface area contributed by atoms with E-state index >= 15 is 0 Å². The minimum absolute atomic E-state index is 0.719. The highest BCUT2D eigenvalue weighted by Gasteiger charge is 2.26. The highest BCUT2D eigenvalue weighted by Crippen LogP contribution is 2.19. The number of nitrogens with one attached hydrogen (secondary N) is 1. The second kappa shape index (κ2) is 7.26. The molecule has 88 valence electrons. The second-order valence-corrected chi connectivity index (χ2v) is 4.49. The third-order valence-corrected chi connectivity index (χ3v) is 3.44. The van der Waals surface area contributed by atoms with Crippen LogP contribution < -0.4 is 5.32 Å². The lowest BCUT2D eigenvalue weighted by Gasteiger charge is -2.38. The Labute approximate surface area is 98.7 Å². The standard InChI is InChI=1S/C12H23ClN2/c1-3-11-10-15(8-5-7-13)9-6-12(11)14-4-2/h5,7,11-12,14H,3-4,6,8-10H2,1-2H3/b7-5+. The molecule has 15 heavy (non-hydrogen) atoms. The van der Waals surface area contributed by atoms with Crippen LogP contribution >= 0.6 is 11.6 Å². The SMILES string of the molecule is CCNC1CCN(C/C=C/Cl)CC1CC. The molecule has 0 aromatic carbocycles. The number of hydrogen-bond donors (Lipinski definition) is 1. The van der Waals surface area contributed by atoms with Crippen molar-refractivity contribution in [2.75, 3.05) is 26.2 Å². The van der Waals surface area contributed by atoms with Crippen LogP contribution in [0.2, 0.25) is 0 Å². The van der Waals surface area contributed by atoms with Crippen LogP contribution in [-0.4, -0.2) is 37.1 Å². The maximum Gasteiger partial charge on any atom is 0.0174 e. The molecule has 0 spiro atoms. The van der Waals surface area contributed by atoms with Gasteiger partial charge in [0.15, 0.2) is 0 Å². The van der Waals surface area contributed by atoms with E-state index < -0.39 is 0 Å². The Bertz CT molecular complexity index is 194. The fourth-order valence-corrected chi connectivity index (χ4v) is 2.49. The first kappa shape index (κ1) is 13.0. The van der Waals surface area contributed by atoms with Gasteiger partial charge >= 0.3 is 0 Å². The molecule has 0 radical (unpaired) electrons. The summed E-state index contributed by atoms with van der Waals surface area (Å²) in [5.41, 5.74) is 1.62. The zero-order chi connectivity index (χ0) is 11.1. The van der Waals surface area contributed by atoms with Crippen LogP contribution in [-0.2, 0) is 0 Å². The average molecular weight is 231 g/mol. The van der Waals surface area contributed by atoms with E-state index in [0.717, 1.165) is 25.0 Å². The molecule has 0 amide bonds. The van der Waals surface area contributed by atoms with E-state index in [4.69, 9.17) is 11.6 Å². The molecule has 2 atom stereocenters. The molecular formula is C12H23ClN2. The zero-order valence-electron chi connectivity index (χ0n) is 9.88. The molecule has 0 aromatic heterocycles. The highest BCUT2D eigenvalue weighted by atomic mass is 35.5. The Kier molecular flexibility index (Phi) is 6.30. The highest BCUT2D eigenvalue weighted by molar-refractivity contribution is 6.25. The van der Waals surface area contributed by atoms with Gasteiger partial charge in [0.2, 0.25) is 0 Å². The predicted octanol–water partition coefficient (Wildman–Crippen LogP) is 2.45. The van der Waals surface area contributed by atoms with Gasteiger partial charge < -0.3 is 5.32 Å². The van der Waals surface area contributed by atoms with E-state index in [1.807, 2.05) is 6.08 Å². The van der Waals surface area contributed by atoms with Crippen molar-refractivity contribution >= 4 is 11.6 Å². The van der Waals surface area contributed by atoms with Gasteiger partial charge in [0.05, 0.1) is 0 Å². The van der Waals surface area contributed by atoms with Gasteiger partial charge in [-0.2, -0.15) is 0 Å². The van der Waals surface area contributed by atoms with Crippen molar-refractivity contribution in [3.8, 4) is 0 Å². The summed E-state index contributed by atoms with van der Waals surface area (Å²) in [5, 5.41) is 3.59. The maximum absolute atomic E-state index is 5.55. The molecule has 0 bridgehead atoms. The maximum atomic E-state index is 5.55. The molecule has 1 heterocycles. The van der Waals surface area contributed by atoms with Crippen molar-refractivity contribution in [3.05, 3.63) is 11.6 Å². The number of nitrogens with zero attached hydrogens (tertiary/aromatic N) is 1. The van der Waals surface area contributed by atoms with E-state index in [-0.39, 0.29) is 0 Å². The predicted molar refractivity (Wildman–Crippen MR) is 67.3 cm³/mol. The number of piperidine rings is 1. The molecular weight excluding hydrogens is 208 g/mol. The lowest BCUT2D eigenvalue weighted by atomic mass is 9.90. The molecule has 1 rings (SSSR count). The molecule has 0 saturated carbocycles. The summed E-state index contributed by atoms with van der Waals surface area (Å²) in [5.74, 6) is 0.794. The Morgan fingerprint density at radius 3 is 2.87 bits per heavy atom. The van der Waals surface area contributed by atoms with Crippen molar-refractivity contribution in [2.24, 2.45) is 5.92 Å². The molecule has 1 aliphatic rings. The number of rotatable bonds is 5. The van der Waals surface area contributed by atoms with Gasteiger partial charge in [-0.15, -0.1) is 0 Å². The van der Waals surface area contributed by atoms with E-state index in [0.29, 0.717) is 0 Å². The summed E-state index contributed by atoms with van der Waals surface area (Å²) in [6.07, 6.45) is 4.56. The van der Waals surface area contributed by atoms with Crippen molar-refractivity contribution < 1.29 is 0 Å². The lowest BCUT2D eigenvalue weighted by Crippen LogP contribution is -2.49. The van der Waals surface area contributed by atoms with Crippen LogP contribution in [0.25, 0.3) is 0 Å².